The number of nitrogens with zero attached hydrogens (tertiary/aromatic N) is 1. The average molecular weight is 255 g/mol. The van der Waals surface area contributed by atoms with Crippen LogP contribution in [0.5, 0.6) is 0 Å². The van der Waals surface area contributed by atoms with Gasteiger partial charge in [0.25, 0.3) is 0 Å². The molecule has 3 rings (SSSR count). The molecule has 0 saturated carbocycles. The highest BCUT2D eigenvalue weighted by Gasteiger charge is 2.20. The maximum atomic E-state index is 9.96. The lowest BCUT2D eigenvalue weighted by atomic mass is 9.95. The van der Waals surface area contributed by atoms with Crippen molar-refractivity contribution < 1.29 is 5.11 Å². The molecule has 1 aromatic carbocycles. The first-order valence-corrected chi connectivity index (χ1v) is 7.24. The molecular weight excluding hydrogens is 234 g/mol. The van der Waals surface area contributed by atoms with Crippen molar-refractivity contribution in [2.45, 2.75) is 44.8 Å². The van der Waals surface area contributed by atoms with E-state index in [-0.39, 0.29) is 6.10 Å². The molecule has 19 heavy (non-hydrogen) atoms. The fourth-order valence-corrected chi connectivity index (χ4v) is 3.04. The topological polar surface area (TPSA) is 25.2 Å². The van der Waals surface area contributed by atoms with Crippen LogP contribution in [0.3, 0.4) is 0 Å². The summed E-state index contributed by atoms with van der Waals surface area (Å²) in [4.78, 5) is 0. The van der Waals surface area contributed by atoms with Crippen LogP contribution in [0.2, 0.25) is 0 Å². The van der Waals surface area contributed by atoms with Crippen molar-refractivity contribution in [2.24, 2.45) is 0 Å². The molecule has 1 N–H and O–H groups in total. The monoisotopic (exact) mass is 255 g/mol. The summed E-state index contributed by atoms with van der Waals surface area (Å²) in [7, 11) is 0. The van der Waals surface area contributed by atoms with Crippen LogP contribution in [0.15, 0.2) is 42.6 Å². The molecule has 1 aliphatic carbocycles. The third kappa shape index (κ3) is 2.74. The normalized spacial score (nSPS) is 18.3. The molecule has 1 aromatic heterocycles. The minimum Gasteiger partial charge on any atom is -0.388 e. The molecule has 0 fully saturated rings. The largest absolute Gasteiger partial charge is 0.388 e. The Labute approximate surface area is 114 Å². The third-order valence-electron chi connectivity index (χ3n) is 4.07. The molecule has 100 valence electrons. The summed E-state index contributed by atoms with van der Waals surface area (Å²) < 4.78 is 2.33. The summed E-state index contributed by atoms with van der Waals surface area (Å²) >= 11 is 0. The van der Waals surface area contributed by atoms with E-state index in [2.05, 4.69) is 47.2 Å². The van der Waals surface area contributed by atoms with E-state index in [1.54, 1.807) is 0 Å². The van der Waals surface area contributed by atoms with Gasteiger partial charge < -0.3 is 9.67 Å². The van der Waals surface area contributed by atoms with Crippen molar-refractivity contribution in [3.05, 3.63) is 59.4 Å². The molecule has 1 heterocycles. The predicted octanol–water partition coefficient (Wildman–Crippen LogP) is 3.49. The molecule has 1 atom stereocenters. The molecule has 0 spiro atoms. The number of hydrogen-bond acceptors (Lipinski definition) is 1. The standard InChI is InChI=1S/C17H21NO/c19-17-10-4-9-16-15(17)11-13-18(16)12-5-8-14-6-2-1-3-7-14/h1-3,6-7,11,13,17,19H,4-5,8-10,12H2. The predicted molar refractivity (Wildman–Crippen MR) is 77.1 cm³/mol. The van der Waals surface area contributed by atoms with E-state index in [1.807, 2.05) is 0 Å². The van der Waals surface area contributed by atoms with E-state index in [9.17, 15) is 5.11 Å². The number of fused-ring (bicyclic) bond motifs is 1. The number of aliphatic hydroxyl groups excluding tert-OH is 1. The summed E-state index contributed by atoms with van der Waals surface area (Å²) in [5.74, 6) is 0. The van der Waals surface area contributed by atoms with Gasteiger partial charge in [0.15, 0.2) is 0 Å². The first kappa shape index (κ1) is 12.5. The van der Waals surface area contributed by atoms with Crippen LogP contribution in [0.25, 0.3) is 0 Å². The second-order valence-electron chi connectivity index (χ2n) is 5.41. The van der Waals surface area contributed by atoms with Crippen LogP contribution in [0.4, 0.5) is 0 Å². The number of benzene rings is 1. The van der Waals surface area contributed by atoms with Gasteiger partial charge in [-0.15, -0.1) is 0 Å². The molecule has 0 bridgehead atoms. The summed E-state index contributed by atoms with van der Waals surface area (Å²) in [5, 5.41) is 9.96. The van der Waals surface area contributed by atoms with E-state index >= 15 is 0 Å². The number of aromatic nitrogens is 1. The number of aryl methyl sites for hydroxylation is 2. The first-order chi connectivity index (χ1) is 9.34. The minimum atomic E-state index is -0.237. The number of rotatable bonds is 4. The molecule has 1 aliphatic rings. The van der Waals surface area contributed by atoms with Crippen LogP contribution >= 0.6 is 0 Å². The van der Waals surface area contributed by atoms with E-state index in [1.165, 1.54) is 11.3 Å². The Balaban J connectivity index is 1.62. The Morgan fingerprint density at radius 2 is 2.00 bits per heavy atom. The lowest BCUT2D eigenvalue weighted by Crippen LogP contribution is -2.12. The van der Waals surface area contributed by atoms with Crippen molar-refractivity contribution in [1.82, 2.24) is 4.57 Å². The molecule has 0 radical (unpaired) electrons. The van der Waals surface area contributed by atoms with Gasteiger partial charge in [0.05, 0.1) is 6.10 Å². The van der Waals surface area contributed by atoms with Crippen LogP contribution in [-0.4, -0.2) is 9.67 Å². The van der Waals surface area contributed by atoms with E-state index in [0.29, 0.717) is 0 Å². The Hall–Kier alpha value is -1.54. The van der Waals surface area contributed by atoms with Crippen molar-refractivity contribution >= 4 is 0 Å². The summed E-state index contributed by atoms with van der Waals surface area (Å²) in [5.41, 5.74) is 3.92. The van der Waals surface area contributed by atoms with Crippen molar-refractivity contribution in [3.63, 3.8) is 0 Å². The second-order valence-corrected chi connectivity index (χ2v) is 5.41. The zero-order chi connectivity index (χ0) is 13.1. The smallest absolute Gasteiger partial charge is 0.0807 e. The summed E-state index contributed by atoms with van der Waals surface area (Å²) in [6.45, 7) is 1.05. The van der Waals surface area contributed by atoms with Gasteiger partial charge in [-0.2, -0.15) is 0 Å². The van der Waals surface area contributed by atoms with Gasteiger partial charge in [-0.3, -0.25) is 0 Å². The van der Waals surface area contributed by atoms with Crippen LogP contribution in [0, 0.1) is 0 Å². The number of aliphatic hydroxyl groups is 1. The summed E-state index contributed by atoms with van der Waals surface area (Å²) in [6, 6.07) is 12.7. The average Bonchev–Trinajstić information content (AvgIpc) is 2.85. The van der Waals surface area contributed by atoms with E-state index in [0.717, 1.165) is 44.2 Å². The lowest BCUT2D eigenvalue weighted by Gasteiger charge is -2.20. The first-order valence-electron chi connectivity index (χ1n) is 7.24. The SMILES string of the molecule is OC1CCCc2c1ccn2CCCc1ccccc1. The highest BCUT2D eigenvalue weighted by Crippen LogP contribution is 2.30. The fourth-order valence-electron chi connectivity index (χ4n) is 3.04. The quantitative estimate of drug-likeness (QED) is 0.889. The van der Waals surface area contributed by atoms with Gasteiger partial charge in [0.1, 0.15) is 0 Å². The maximum absolute atomic E-state index is 9.96. The van der Waals surface area contributed by atoms with E-state index < -0.39 is 0 Å². The fraction of sp³-hybridized carbons (Fsp3) is 0.412. The van der Waals surface area contributed by atoms with Gasteiger partial charge in [-0.1, -0.05) is 30.3 Å². The molecular formula is C17H21NO. The Morgan fingerprint density at radius 3 is 2.84 bits per heavy atom. The van der Waals surface area contributed by atoms with Crippen LogP contribution in [0.1, 0.15) is 42.2 Å². The van der Waals surface area contributed by atoms with E-state index in [4.69, 9.17) is 0 Å². The molecule has 2 nitrogen and oxygen atoms in total. The highest BCUT2D eigenvalue weighted by atomic mass is 16.3. The van der Waals surface area contributed by atoms with Gasteiger partial charge in [0.2, 0.25) is 0 Å². The van der Waals surface area contributed by atoms with Crippen molar-refractivity contribution in [3.8, 4) is 0 Å². The summed E-state index contributed by atoms with van der Waals surface area (Å²) in [6.07, 6.45) is 7.32. The Morgan fingerprint density at radius 1 is 1.16 bits per heavy atom. The Bertz CT molecular complexity index is 529. The maximum Gasteiger partial charge on any atom is 0.0807 e. The zero-order valence-corrected chi connectivity index (χ0v) is 11.3. The van der Waals surface area contributed by atoms with Gasteiger partial charge in [0, 0.05) is 24.0 Å². The van der Waals surface area contributed by atoms with Crippen LogP contribution in [-0.2, 0) is 19.4 Å². The van der Waals surface area contributed by atoms with Crippen LogP contribution < -0.4 is 0 Å². The highest BCUT2D eigenvalue weighted by molar-refractivity contribution is 5.27. The van der Waals surface area contributed by atoms with Crippen molar-refractivity contribution in [1.29, 1.82) is 0 Å². The molecule has 0 aliphatic heterocycles. The number of hydrogen-bond donors (Lipinski definition) is 1. The molecule has 2 aromatic rings. The molecule has 2 heteroatoms. The lowest BCUT2D eigenvalue weighted by molar-refractivity contribution is 0.155. The molecule has 0 amide bonds. The molecule has 0 saturated heterocycles. The minimum absolute atomic E-state index is 0.237. The zero-order valence-electron chi connectivity index (χ0n) is 11.3. The third-order valence-corrected chi connectivity index (χ3v) is 4.07. The Kier molecular flexibility index (Phi) is 3.69. The second kappa shape index (κ2) is 5.62. The molecule has 1 unspecified atom stereocenters. The van der Waals surface area contributed by atoms with Crippen molar-refractivity contribution in [2.75, 3.05) is 0 Å². The van der Waals surface area contributed by atoms with Gasteiger partial charge in [-0.25, -0.2) is 0 Å². The van der Waals surface area contributed by atoms with Gasteiger partial charge in [-0.05, 0) is 43.7 Å². The van der Waals surface area contributed by atoms with Gasteiger partial charge >= 0.3 is 0 Å².